The van der Waals surface area contributed by atoms with Crippen molar-refractivity contribution < 1.29 is 11.6 Å². The topological polar surface area (TPSA) is 41.9 Å². The van der Waals surface area contributed by atoms with Crippen LogP contribution in [0.25, 0.3) is 0 Å². The van der Waals surface area contributed by atoms with E-state index < -0.39 is 24.2 Å². The van der Waals surface area contributed by atoms with E-state index in [1.165, 1.54) is 7.05 Å². The van der Waals surface area contributed by atoms with Crippen LogP contribution in [0.3, 0.4) is 0 Å². The third kappa shape index (κ3) is 4.13. The van der Waals surface area contributed by atoms with Crippen LogP contribution in [0.5, 0.6) is 0 Å². The lowest BCUT2D eigenvalue weighted by atomic mass is 9.97. The van der Waals surface area contributed by atoms with Gasteiger partial charge in [0.2, 0.25) is 0 Å². The average Bonchev–Trinajstić information content (AvgIpc) is 2.64. The van der Waals surface area contributed by atoms with Crippen LogP contribution in [-0.4, -0.2) is 25.2 Å². The molecule has 0 aromatic heterocycles. The van der Waals surface area contributed by atoms with E-state index in [0.29, 0.717) is 5.56 Å². The molecule has 2 rings (SSSR count). The molecule has 0 saturated carbocycles. The number of likely N-dealkylation sites (N-methyl/N-ethyl adjacent to an activating group) is 1. The Bertz CT molecular complexity index is 787. The van der Waals surface area contributed by atoms with Crippen molar-refractivity contribution >= 4 is 0 Å². The molecule has 0 radical (unpaired) electrons. The molecule has 0 aliphatic heterocycles. The van der Waals surface area contributed by atoms with Crippen LogP contribution in [0.15, 0.2) is 59.8 Å². The summed E-state index contributed by atoms with van der Waals surface area (Å²) in [6.45, 7) is 2.17. The number of hydrogen-bond donors (Lipinski definition) is 0. The van der Waals surface area contributed by atoms with Gasteiger partial charge in [0, 0.05) is 7.05 Å². The van der Waals surface area contributed by atoms with Gasteiger partial charge in [-0.2, -0.15) is 0 Å². The minimum absolute atomic E-state index is 0.0759. The Labute approximate surface area is 132 Å². The zero-order valence-corrected chi connectivity index (χ0v) is 12.0. The first kappa shape index (κ1) is 9.68. The lowest BCUT2D eigenvalue weighted by molar-refractivity contribution is 0.0646. The molecule has 1 unspecified atom stereocenters. The molecule has 110 valence electrons. The Morgan fingerprint density at radius 3 is 2.67 bits per heavy atom. The van der Waals surface area contributed by atoms with Gasteiger partial charge >= 0.3 is 0 Å². The molecule has 4 heteroatoms. The second-order valence-corrected chi connectivity index (χ2v) is 4.61. The first-order valence-electron chi connectivity index (χ1n) is 9.08. The Hall–Kier alpha value is -2.20. The molecular weight excluding hydrogens is 264 g/mol. The number of nitroso groups, excluding NO2 is 1. The summed E-state index contributed by atoms with van der Waals surface area (Å²) in [5.74, 6) is 0. The van der Waals surface area contributed by atoms with Gasteiger partial charge in [-0.15, -0.1) is 4.91 Å². The lowest BCUT2D eigenvalue weighted by Crippen LogP contribution is -2.19. The largest absolute Gasteiger partial charge is 0.367 e. The van der Waals surface area contributed by atoms with Crippen molar-refractivity contribution in [1.29, 1.82) is 0 Å². The summed E-state index contributed by atoms with van der Waals surface area (Å²) in [6.07, 6.45) is -0.856. The van der Waals surface area contributed by atoms with E-state index in [0.717, 1.165) is 10.6 Å². The van der Waals surface area contributed by atoms with Crippen molar-refractivity contribution in [3.05, 3.63) is 76.1 Å². The number of aryl methyl sites for hydroxylation is 1. The first-order chi connectivity index (χ1) is 12.3. The minimum Gasteiger partial charge on any atom is -0.367 e. The molecule has 0 heterocycles. The fourth-order valence-electron chi connectivity index (χ4n) is 1.94. The Balaban J connectivity index is 2.55. The number of ether oxygens (including phenoxy) is 1. The fourth-order valence-corrected chi connectivity index (χ4v) is 1.94. The zero-order valence-electron chi connectivity index (χ0n) is 17.0. The second-order valence-electron chi connectivity index (χ2n) is 4.61. The van der Waals surface area contributed by atoms with Gasteiger partial charge in [0.25, 0.3) is 0 Å². The predicted octanol–water partition coefficient (Wildman–Crippen LogP) is 3.71. The second kappa shape index (κ2) is 7.55. The van der Waals surface area contributed by atoms with Gasteiger partial charge in [0.15, 0.2) is 0 Å². The van der Waals surface area contributed by atoms with E-state index >= 15 is 0 Å². The molecule has 2 aromatic rings. The van der Waals surface area contributed by atoms with E-state index in [-0.39, 0.29) is 30.8 Å². The average molecular weight is 289 g/mol. The highest BCUT2D eigenvalue weighted by Gasteiger charge is 2.16. The summed E-state index contributed by atoms with van der Waals surface area (Å²) in [5, 5.41) is 3.93. The molecule has 0 amide bonds. The predicted molar refractivity (Wildman–Crippen MR) is 83.8 cm³/mol. The molecular formula is C17H20N2O2. The summed E-state index contributed by atoms with van der Waals surface area (Å²) in [6, 6.07) is 5.44. The molecule has 2 aromatic carbocycles. The third-order valence-electron chi connectivity index (χ3n) is 3.09. The maximum Gasteiger partial charge on any atom is 0.108 e. The monoisotopic (exact) mass is 289 g/mol. The Morgan fingerprint density at radius 2 is 2.00 bits per heavy atom. The Kier molecular flexibility index (Phi) is 3.48. The van der Waals surface area contributed by atoms with Gasteiger partial charge in [-0.3, -0.25) is 5.01 Å². The summed E-state index contributed by atoms with van der Waals surface area (Å²) in [5.41, 5.74) is 1.64. The van der Waals surface area contributed by atoms with E-state index in [1.807, 2.05) is 19.1 Å². The molecule has 1 atom stereocenters. The quantitative estimate of drug-likeness (QED) is 0.576. The number of nitrogens with zero attached hydrogens (tertiary/aromatic N) is 2. The standard InChI is InChI=1S/C17H20N2O2/c1-14-8-6-7-11-16(14)17(15-9-4-3-5-10-15)21-13-12-19(2)18-20/h3-11,17H,12-13H2,1-2H3/i3D,4D,5D,9D,10D. The van der Waals surface area contributed by atoms with E-state index in [9.17, 15) is 4.91 Å². The van der Waals surface area contributed by atoms with E-state index in [4.69, 9.17) is 11.6 Å². The van der Waals surface area contributed by atoms with Crippen LogP contribution in [0.2, 0.25) is 0 Å². The fraction of sp³-hybridized carbons (Fsp3) is 0.294. The maximum atomic E-state index is 10.5. The van der Waals surface area contributed by atoms with Crippen LogP contribution >= 0.6 is 0 Å². The van der Waals surface area contributed by atoms with Gasteiger partial charge < -0.3 is 4.74 Å². The third-order valence-corrected chi connectivity index (χ3v) is 3.09. The minimum atomic E-state index is -0.856. The maximum absolute atomic E-state index is 10.5. The van der Waals surface area contributed by atoms with Crippen molar-refractivity contribution in [2.24, 2.45) is 5.29 Å². The van der Waals surface area contributed by atoms with Gasteiger partial charge in [-0.1, -0.05) is 54.5 Å². The zero-order chi connectivity index (χ0) is 19.4. The smallest absolute Gasteiger partial charge is 0.108 e. The lowest BCUT2D eigenvalue weighted by Gasteiger charge is -2.21. The van der Waals surface area contributed by atoms with Crippen LogP contribution in [-0.2, 0) is 4.74 Å². The number of hydrogen-bond acceptors (Lipinski definition) is 3. The van der Waals surface area contributed by atoms with Gasteiger partial charge in [-0.05, 0) is 23.6 Å². The summed E-state index contributed by atoms with van der Waals surface area (Å²) >= 11 is 0. The van der Waals surface area contributed by atoms with Gasteiger partial charge in [0.05, 0.1) is 25.3 Å². The highest BCUT2D eigenvalue weighted by atomic mass is 16.5. The molecule has 0 N–H and O–H groups in total. The number of benzene rings is 2. The SMILES string of the molecule is [2H]c1c([2H])c([2H])c(C(OCCN(C)N=O)c2ccccc2C)c([2H])c1[2H]. The highest BCUT2D eigenvalue weighted by molar-refractivity contribution is 5.35. The summed E-state index contributed by atoms with van der Waals surface area (Å²) in [4.78, 5) is 10.5. The molecule has 0 bridgehead atoms. The first-order valence-corrected chi connectivity index (χ1v) is 6.58. The van der Waals surface area contributed by atoms with Crippen molar-refractivity contribution in [2.45, 2.75) is 13.0 Å². The van der Waals surface area contributed by atoms with Crippen LogP contribution in [0.1, 0.15) is 29.6 Å². The highest BCUT2D eigenvalue weighted by Crippen LogP contribution is 2.28. The van der Waals surface area contributed by atoms with Crippen LogP contribution < -0.4 is 0 Å². The van der Waals surface area contributed by atoms with Crippen molar-refractivity contribution in [3.63, 3.8) is 0 Å². The van der Waals surface area contributed by atoms with E-state index in [1.54, 1.807) is 12.1 Å². The molecule has 0 aliphatic carbocycles. The van der Waals surface area contributed by atoms with Gasteiger partial charge in [0.1, 0.15) is 6.10 Å². The van der Waals surface area contributed by atoms with Crippen molar-refractivity contribution in [1.82, 2.24) is 5.01 Å². The molecule has 4 nitrogen and oxygen atoms in total. The molecule has 0 spiro atoms. The van der Waals surface area contributed by atoms with Crippen molar-refractivity contribution in [3.8, 4) is 0 Å². The summed E-state index contributed by atoms with van der Waals surface area (Å²) in [7, 11) is 1.50. The molecule has 0 aliphatic rings. The normalized spacial score (nSPS) is 15.2. The van der Waals surface area contributed by atoms with Gasteiger partial charge in [-0.25, -0.2) is 0 Å². The van der Waals surface area contributed by atoms with Crippen LogP contribution in [0, 0.1) is 11.8 Å². The van der Waals surface area contributed by atoms with E-state index in [2.05, 4.69) is 5.29 Å². The van der Waals surface area contributed by atoms with Crippen molar-refractivity contribution in [2.75, 3.05) is 20.2 Å². The molecule has 21 heavy (non-hydrogen) atoms. The molecule has 0 fully saturated rings. The number of rotatable bonds is 7. The summed E-state index contributed by atoms with van der Waals surface area (Å²) < 4.78 is 45.8. The molecule has 0 saturated heterocycles. The van der Waals surface area contributed by atoms with Crippen LogP contribution in [0.4, 0.5) is 0 Å². The Morgan fingerprint density at radius 1 is 1.29 bits per heavy atom.